The largest absolute Gasteiger partial charge is 0.465 e. The van der Waals surface area contributed by atoms with E-state index >= 15 is 0 Å². The molecule has 6 nitrogen and oxygen atoms in total. The Morgan fingerprint density at radius 1 is 1.41 bits per heavy atom. The minimum Gasteiger partial charge on any atom is -0.465 e. The Kier molecular flexibility index (Phi) is 3.38. The lowest BCUT2D eigenvalue weighted by atomic mass is 9.87. The van der Waals surface area contributed by atoms with E-state index < -0.39 is 29.2 Å². The van der Waals surface area contributed by atoms with Gasteiger partial charge in [0.2, 0.25) is 0 Å². The molecule has 0 aliphatic carbocycles. The van der Waals surface area contributed by atoms with Crippen LogP contribution in [0, 0.1) is 5.41 Å². The van der Waals surface area contributed by atoms with Gasteiger partial charge >= 0.3 is 12.1 Å². The van der Waals surface area contributed by atoms with Gasteiger partial charge in [-0.25, -0.2) is 4.79 Å². The van der Waals surface area contributed by atoms with Crippen LogP contribution in [-0.2, 0) is 9.53 Å². The number of carbonyl (C=O) groups is 2. The minimum atomic E-state index is -1.19. The quantitative estimate of drug-likeness (QED) is 0.664. The van der Waals surface area contributed by atoms with Crippen LogP contribution in [0.1, 0.15) is 27.7 Å². The van der Waals surface area contributed by atoms with E-state index in [1.165, 1.54) is 6.92 Å². The Morgan fingerprint density at radius 3 is 2.29 bits per heavy atom. The topological polar surface area (TPSA) is 87.1 Å². The highest BCUT2D eigenvalue weighted by Gasteiger charge is 2.51. The van der Waals surface area contributed by atoms with E-state index in [2.05, 4.69) is 0 Å². The van der Waals surface area contributed by atoms with Crippen molar-refractivity contribution < 1.29 is 24.5 Å². The van der Waals surface area contributed by atoms with Crippen molar-refractivity contribution >= 4 is 12.1 Å². The van der Waals surface area contributed by atoms with Gasteiger partial charge < -0.3 is 19.8 Å². The van der Waals surface area contributed by atoms with Crippen LogP contribution in [0.5, 0.6) is 0 Å². The van der Waals surface area contributed by atoms with Crippen LogP contribution in [0.4, 0.5) is 4.79 Å². The summed E-state index contributed by atoms with van der Waals surface area (Å²) in [5.41, 5.74) is -1.85. The first kappa shape index (κ1) is 13.8. The van der Waals surface area contributed by atoms with Crippen molar-refractivity contribution in [1.82, 2.24) is 4.90 Å². The second-order valence-electron chi connectivity index (χ2n) is 5.60. The lowest BCUT2D eigenvalue weighted by molar-refractivity contribution is -0.170. The molecule has 6 heteroatoms. The summed E-state index contributed by atoms with van der Waals surface area (Å²) < 4.78 is 5.20. The van der Waals surface area contributed by atoms with Gasteiger partial charge in [-0.15, -0.1) is 0 Å². The Morgan fingerprint density at radius 2 is 1.94 bits per heavy atom. The third-order valence-corrected chi connectivity index (χ3v) is 2.78. The fraction of sp³-hybridized carbons (Fsp3) is 0.818. The maximum absolute atomic E-state index is 12.0. The highest BCUT2D eigenvalue weighted by atomic mass is 16.6. The lowest BCUT2D eigenvalue weighted by Gasteiger charge is -2.29. The number of ether oxygens (including phenoxy) is 1. The molecule has 1 amide bonds. The standard InChI is InChI=1S/C11H19NO5/c1-10(2,3)17-8(14)11(4)6-12(9(15)16)5-7(11)13/h7,13H,5-6H2,1-4H3,(H,15,16). The van der Waals surface area contributed by atoms with Crippen molar-refractivity contribution in [2.45, 2.75) is 39.4 Å². The van der Waals surface area contributed by atoms with E-state index in [1.54, 1.807) is 20.8 Å². The molecule has 0 radical (unpaired) electrons. The number of aliphatic hydroxyl groups is 1. The number of esters is 1. The third kappa shape index (κ3) is 2.88. The maximum atomic E-state index is 12.0. The second-order valence-corrected chi connectivity index (χ2v) is 5.60. The van der Waals surface area contributed by atoms with Crippen molar-refractivity contribution in [2.24, 2.45) is 5.41 Å². The van der Waals surface area contributed by atoms with Crippen LogP contribution in [0.25, 0.3) is 0 Å². The average molecular weight is 245 g/mol. The molecule has 2 atom stereocenters. The summed E-state index contributed by atoms with van der Waals surface area (Å²) in [7, 11) is 0. The summed E-state index contributed by atoms with van der Waals surface area (Å²) in [6, 6.07) is 0. The van der Waals surface area contributed by atoms with Crippen molar-refractivity contribution in [3.63, 3.8) is 0 Å². The van der Waals surface area contributed by atoms with E-state index in [0.29, 0.717) is 0 Å². The van der Waals surface area contributed by atoms with E-state index in [4.69, 9.17) is 9.84 Å². The molecule has 1 rings (SSSR count). The molecule has 2 unspecified atom stereocenters. The molecular weight excluding hydrogens is 226 g/mol. The molecular formula is C11H19NO5. The van der Waals surface area contributed by atoms with Crippen LogP contribution >= 0.6 is 0 Å². The lowest BCUT2D eigenvalue weighted by Crippen LogP contribution is -2.43. The Hall–Kier alpha value is -1.30. The predicted molar refractivity (Wildman–Crippen MR) is 59.6 cm³/mol. The van der Waals surface area contributed by atoms with Crippen LogP contribution in [0.15, 0.2) is 0 Å². The molecule has 0 spiro atoms. The predicted octanol–water partition coefficient (Wildman–Crippen LogP) is 0.689. The van der Waals surface area contributed by atoms with Gasteiger partial charge in [0.1, 0.15) is 11.0 Å². The van der Waals surface area contributed by atoms with Crippen molar-refractivity contribution in [3.8, 4) is 0 Å². The zero-order valence-corrected chi connectivity index (χ0v) is 10.6. The van der Waals surface area contributed by atoms with Crippen molar-refractivity contribution in [2.75, 3.05) is 13.1 Å². The van der Waals surface area contributed by atoms with Gasteiger partial charge in [-0.1, -0.05) is 0 Å². The molecule has 1 aliphatic rings. The summed E-state index contributed by atoms with van der Waals surface area (Å²) in [5.74, 6) is -0.568. The molecule has 1 heterocycles. The molecule has 0 aromatic carbocycles. The number of nitrogens with zero attached hydrogens (tertiary/aromatic N) is 1. The number of hydrogen-bond donors (Lipinski definition) is 2. The number of aliphatic hydroxyl groups excluding tert-OH is 1. The van der Waals surface area contributed by atoms with Gasteiger partial charge in [0.25, 0.3) is 0 Å². The number of carbonyl (C=O) groups excluding carboxylic acids is 1. The minimum absolute atomic E-state index is 0.0432. The maximum Gasteiger partial charge on any atom is 0.407 e. The van der Waals surface area contributed by atoms with Crippen molar-refractivity contribution in [1.29, 1.82) is 0 Å². The first-order valence-electron chi connectivity index (χ1n) is 5.45. The molecule has 0 aromatic heterocycles. The molecule has 98 valence electrons. The highest BCUT2D eigenvalue weighted by molar-refractivity contribution is 5.80. The van der Waals surface area contributed by atoms with Crippen LogP contribution in [0.3, 0.4) is 0 Å². The molecule has 1 saturated heterocycles. The summed E-state index contributed by atoms with van der Waals surface area (Å²) in [6.07, 6.45) is -2.18. The summed E-state index contributed by atoms with van der Waals surface area (Å²) in [6.45, 7) is 6.60. The van der Waals surface area contributed by atoms with Crippen LogP contribution in [-0.4, -0.2) is 52.0 Å². The van der Waals surface area contributed by atoms with Gasteiger partial charge in [-0.2, -0.15) is 0 Å². The summed E-state index contributed by atoms with van der Waals surface area (Å²) in [5, 5.41) is 18.7. The number of amides is 1. The fourth-order valence-electron chi connectivity index (χ4n) is 1.72. The second kappa shape index (κ2) is 4.18. The smallest absolute Gasteiger partial charge is 0.407 e. The zero-order valence-electron chi connectivity index (χ0n) is 10.6. The third-order valence-electron chi connectivity index (χ3n) is 2.78. The first-order chi connectivity index (χ1) is 7.56. The van der Waals surface area contributed by atoms with Crippen LogP contribution < -0.4 is 0 Å². The normalized spacial score (nSPS) is 29.2. The Balaban J connectivity index is 2.81. The SMILES string of the molecule is CC(C)(C)OC(=O)C1(C)CN(C(=O)O)CC1O. The Labute approximate surface area is 100 Å². The first-order valence-corrected chi connectivity index (χ1v) is 5.45. The molecule has 0 saturated carbocycles. The Bertz CT molecular complexity index is 335. The number of rotatable bonds is 1. The van der Waals surface area contributed by atoms with Gasteiger partial charge in [-0.05, 0) is 27.7 Å². The highest BCUT2D eigenvalue weighted by Crippen LogP contribution is 2.33. The average Bonchev–Trinajstić information content (AvgIpc) is 2.42. The molecule has 1 fully saturated rings. The zero-order chi connectivity index (χ0) is 13.4. The molecule has 0 aromatic rings. The van der Waals surface area contributed by atoms with Crippen LogP contribution in [0.2, 0.25) is 0 Å². The number of β-amino-alcohol motifs (C(OH)–C–C–N with tert-alkyl or cyclic N) is 1. The number of carboxylic acid groups (broad SMARTS) is 1. The van der Waals surface area contributed by atoms with E-state index in [0.717, 1.165) is 4.90 Å². The molecule has 1 aliphatic heterocycles. The fourth-order valence-corrected chi connectivity index (χ4v) is 1.72. The van der Waals surface area contributed by atoms with E-state index in [-0.39, 0.29) is 13.1 Å². The monoisotopic (exact) mass is 245 g/mol. The summed E-state index contributed by atoms with van der Waals surface area (Å²) >= 11 is 0. The summed E-state index contributed by atoms with van der Waals surface area (Å²) in [4.78, 5) is 23.8. The van der Waals surface area contributed by atoms with E-state index in [9.17, 15) is 14.7 Å². The van der Waals surface area contributed by atoms with Crippen molar-refractivity contribution in [3.05, 3.63) is 0 Å². The van der Waals surface area contributed by atoms with Gasteiger partial charge in [0.05, 0.1) is 12.6 Å². The number of likely N-dealkylation sites (tertiary alicyclic amines) is 1. The van der Waals surface area contributed by atoms with Gasteiger partial charge in [0.15, 0.2) is 0 Å². The molecule has 2 N–H and O–H groups in total. The van der Waals surface area contributed by atoms with Gasteiger partial charge in [0, 0.05) is 6.54 Å². The van der Waals surface area contributed by atoms with Gasteiger partial charge in [-0.3, -0.25) is 4.79 Å². The molecule has 17 heavy (non-hydrogen) atoms. The number of hydrogen-bond acceptors (Lipinski definition) is 4. The van der Waals surface area contributed by atoms with E-state index in [1.807, 2.05) is 0 Å². The molecule has 0 bridgehead atoms.